The SMILES string of the molecule is CCOc1ccccc1/C=C1/SC(=S)N(n2c(C)ccc2C)C1=O. The molecule has 1 aromatic heterocycles. The van der Waals surface area contributed by atoms with Crippen molar-refractivity contribution in [3.05, 3.63) is 58.3 Å². The molecular formula is C18H18N2O2S2. The van der Waals surface area contributed by atoms with Crippen molar-refractivity contribution in [2.75, 3.05) is 11.6 Å². The van der Waals surface area contributed by atoms with Crippen molar-refractivity contribution in [2.24, 2.45) is 0 Å². The maximum atomic E-state index is 12.9. The van der Waals surface area contributed by atoms with Gasteiger partial charge in [0, 0.05) is 17.0 Å². The molecule has 0 atom stereocenters. The molecule has 4 nitrogen and oxygen atoms in total. The Hall–Kier alpha value is -2.05. The van der Waals surface area contributed by atoms with E-state index in [0.29, 0.717) is 15.8 Å². The number of aryl methyl sites for hydroxylation is 2. The van der Waals surface area contributed by atoms with E-state index in [9.17, 15) is 4.79 Å². The lowest BCUT2D eigenvalue weighted by atomic mass is 10.2. The maximum Gasteiger partial charge on any atom is 0.285 e. The Morgan fingerprint density at radius 3 is 2.50 bits per heavy atom. The lowest BCUT2D eigenvalue weighted by Gasteiger charge is -2.20. The highest BCUT2D eigenvalue weighted by atomic mass is 32.2. The van der Waals surface area contributed by atoms with Gasteiger partial charge in [-0.1, -0.05) is 30.0 Å². The molecule has 0 aliphatic carbocycles. The van der Waals surface area contributed by atoms with Crippen molar-refractivity contribution in [3.8, 4) is 5.75 Å². The van der Waals surface area contributed by atoms with Gasteiger partial charge < -0.3 is 4.74 Å². The molecule has 1 saturated heterocycles. The molecule has 0 spiro atoms. The Morgan fingerprint density at radius 1 is 1.17 bits per heavy atom. The van der Waals surface area contributed by atoms with Crippen molar-refractivity contribution in [3.63, 3.8) is 0 Å². The fourth-order valence-electron chi connectivity index (χ4n) is 2.64. The fraction of sp³-hybridized carbons (Fsp3) is 0.222. The third-order valence-corrected chi connectivity index (χ3v) is 5.00. The van der Waals surface area contributed by atoms with Crippen molar-refractivity contribution < 1.29 is 9.53 Å². The number of thioether (sulfide) groups is 1. The minimum atomic E-state index is -0.112. The fourth-order valence-corrected chi connectivity index (χ4v) is 3.87. The summed E-state index contributed by atoms with van der Waals surface area (Å²) in [5.41, 5.74) is 2.82. The average Bonchev–Trinajstić information content (AvgIpc) is 3.01. The van der Waals surface area contributed by atoms with E-state index in [2.05, 4.69) is 0 Å². The highest BCUT2D eigenvalue weighted by Gasteiger charge is 2.34. The van der Waals surface area contributed by atoms with Crippen LogP contribution in [0.4, 0.5) is 0 Å². The van der Waals surface area contributed by atoms with E-state index in [4.69, 9.17) is 17.0 Å². The highest BCUT2D eigenvalue weighted by Crippen LogP contribution is 2.34. The number of carbonyl (C=O) groups is 1. The van der Waals surface area contributed by atoms with Crippen molar-refractivity contribution in [1.29, 1.82) is 0 Å². The first-order valence-corrected chi connectivity index (χ1v) is 8.90. The standard InChI is InChI=1S/C18H18N2O2S2/c1-4-22-15-8-6-5-7-14(15)11-16-17(21)20(18(23)24-16)19-12(2)9-10-13(19)3/h5-11H,4H2,1-3H3/b16-11+. The van der Waals surface area contributed by atoms with Crippen LogP contribution < -0.4 is 9.75 Å². The van der Waals surface area contributed by atoms with E-state index in [0.717, 1.165) is 22.7 Å². The van der Waals surface area contributed by atoms with Gasteiger partial charge in [0.1, 0.15) is 5.75 Å². The van der Waals surface area contributed by atoms with Crippen molar-refractivity contribution in [1.82, 2.24) is 4.68 Å². The summed E-state index contributed by atoms with van der Waals surface area (Å²) in [5.74, 6) is 0.650. The lowest BCUT2D eigenvalue weighted by Crippen LogP contribution is -2.39. The smallest absolute Gasteiger partial charge is 0.285 e. The monoisotopic (exact) mass is 358 g/mol. The molecule has 2 aromatic rings. The van der Waals surface area contributed by atoms with E-state index in [-0.39, 0.29) is 5.91 Å². The summed E-state index contributed by atoms with van der Waals surface area (Å²) in [6.07, 6.45) is 1.85. The minimum absolute atomic E-state index is 0.112. The number of para-hydroxylation sites is 1. The zero-order valence-electron chi connectivity index (χ0n) is 13.8. The number of ether oxygens (including phenoxy) is 1. The van der Waals surface area contributed by atoms with Crippen LogP contribution in [0.5, 0.6) is 5.75 Å². The summed E-state index contributed by atoms with van der Waals surface area (Å²) in [6.45, 7) is 6.43. The third kappa shape index (κ3) is 2.99. The summed E-state index contributed by atoms with van der Waals surface area (Å²) in [6, 6.07) is 11.6. The van der Waals surface area contributed by atoms with Crippen LogP contribution in [0.25, 0.3) is 6.08 Å². The topological polar surface area (TPSA) is 34.5 Å². The van der Waals surface area contributed by atoms with Crippen LogP contribution in [0.2, 0.25) is 0 Å². The zero-order valence-corrected chi connectivity index (χ0v) is 15.4. The number of carbonyl (C=O) groups excluding carboxylic acids is 1. The molecule has 1 aromatic carbocycles. The number of hydrogen-bond acceptors (Lipinski definition) is 4. The summed E-state index contributed by atoms with van der Waals surface area (Å²) < 4.78 is 8.01. The molecule has 1 aliphatic rings. The Labute approximate surface area is 151 Å². The first kappa shape index (κ1) is 16.8. The second-order valence-corrected chi connectivity index (χ2v) is 7.07. The molecule has 124 valence electrons. The molecule has 1 aliphatic heterocycles. The van der Waals surface area contributed by atoms with Gasteiger partial charge in [-0.2, -0.15) is 5.01 Å². The molecule has 0 unspecified atom stereocenters. The second kappa shape index (κ2) is 6.83. The maximum absolute atomic E-state index is 12.9. The molecule has 24 heavy (non-hydrogen) atoms. The molecule has 0 saturated carbocycles. The molecule has 1 fully saturated rings. The summed E-state index contributed by atoms with van der Waals surface area (Å²) >= 11 is 6.75. The molecular weight excluding hydrogens is 340 g/mol. The average molecular weight is 358 g/mol. The largest absolute Gasteiger partial charge is 0.493 e. The van der Waals surface area contributed by atoms with Gasteiger partial charge in [0.05, 0.1) is 11.5 Å². The van der Waals surface area contributed by atoms with Gasteiger partial charge in [-0.05, 0) is 57.3 Å². The molecule has 1 amide bonds. The summed E-state index contributed by atoms with van der Waals surface area (Å²) in [7, 11) is 0. The van der Waals surface area contributed by atoms with E-state index >= 15 is 0 Å². The number of hydrogen-bond donors (Lipinski definition) is 0. The number of nitrogens with zero attached hydrogens (tertiary/aromatic N) is 2. The van der Waals surface area contributed by atoms with E-state index in [1.54, 1.807) is 5.01 Å². The number of aromatic nitrogens is 1. The van der Waals surface area contributed by atoms with E-state index in [1.165, 1.54) is 11.8 Å². The van der Waals surface area contributed by atoms with Crippen LogP contribution >= 0.6 is 24.0 Å². The van der Waals surface area contributed by atoms with Crippen molar-refractivity contribution in [2.45, 2.75) is 20.8 Å². The van der Waals surface area contributed by atoms with Crippen LogP contribution in [0.3, 0.4) is 0 Å². The summed E-state index contributed by atoms with van der Waals surface area (Å²) in [4.78, 5) is 13.5. The Kier molecular flexibility index (Phi) is 4.78. The van der Waals surface area contributed by atoms with Gasteiger partial charge >= 0.3 is 0 Å². The van der Waals surface area contributed by atoms with E-state index < -0.39 is 0 Å². The van der Waals surface area contributed by atoms with Gasteiger partial charge in [0.25, 0.3) is 5.91 Å². The van der Waals surface area contributed by atoms with Crippen molar-refractivity contribution >= 4 is 40.3 Å². The predicted molar refractivity (Wildman–Crippen MR) is 103 cm³/mol. The molecule has 0 N–H and O–H groups in total. The Balaban J connectivity index is 1.98. The van der Waals surface area contributed by atoms with Crippen LogP contribution in [0.15, 0.2) is 41.3 Å². The normalized spacial score (nSPS) is 16.3. The van der Waals surface area contributed by atoms with Crippen LogP contribution in [-0.2, 0) is 4.79 Å². The van der Waals surface area contributed by atoms with Gasteiger partial charge in [-0.25, -0.2) is 0 Å². The van der Waals surface area contributed by atoms with Gasteiger partial charge in [0.15, 0.2) is 4.32 Å². The zero-order chi connectivity index (χ0) is 17.3. The first-order chi connectivity index (χ1) is 11.5. The molecule has 0 bridgehead atoms. The molecule has 2 heterocycles. The van der Waals surface area contributed by atoms with Crippen LogP contribution in [0, 0.1) is 13.8 Å². The molecule has 0 radical (unpaired) electrons. The third-order valence-electron chi connectivity index (χ3n) is 3.71. The van der Waals surface area contributed by atoms with Gasteiger partial charge in [-0.3, -0.25) is 9.47 Å². The minimum Gasteiger partial charge on any atom is -0.493 e. The van der Waals surface area contributed by atoms with E-state index in [1.807, 2.05) is 67.9 Å². The predicted octanol–water partition coefficient (Wildman–Crippen LogP) is 4.04. The number of rotatable bonds is 4. The second-order valence-electron chi connectivity index (χ2n) is 5.39. The molecule has 3 rings (SSSR count). The lowest BCUT2D eigenvalue weighted by molar-refractivity contribution is -0.114. The number of amides is 1. The van der Waals surface area contributed by atoms with Crippen LogP contribution in [0.1, 0.15) is 23.9 Å². The van der Waals surface area contributed by atoms with Gasteiger partial charge in [0.2, 0.25) is 0 Å². The Bertz CT molecular complexity index is 820. The number of benzene rings is 1. The highest BCUT2D eigenvalue weighted by molar-refractivity contribution is 8.27. The Morgan fingerprint density at radius 2 is 1.83 bits per heavy atom. The molecule has 6 heteroatoms. The first-order valence-electron chi connectivity index (χ1n) is 7.68. The summed E-state index contributed by atoms with van der Waals surface area (Å²) in [5, 5.41) is 1.56. The number of thiocarbonyl (C=S) groups is 1. The van der Waals surface area contributed by atoms with Crippen LogP contribution in [-0.4, -0.2) is 21.5 Å². The quantitative estimate of drug-likeness (QED) is 0.610. The van der Waals surface area contributed by atoms with Gasteiger partial charge in [-0.15, -0.1) is 0 Å².